The maximum absolute atomic E-state index is 13.8. The zero-order valence-corrected chi connectivity index (χ0v) is 22.0. The van der Waals surface area contributed by atoms with Gasteiger partial charge in [-0.1, -0.05) is 72.8 Å². The number of para-hydroxylation sites is 1. The van der Waals surface area contributed by atoms with Crippen molar-refractivity contribution in [3.8, 4) is 6.07 Å². The zero-order valence-electron chi connectivity index (χ0n) is 21.2. The first-order valence-corrected chi connectivity index (χ1v) is 13.7. The van der Waals surface area contributed by atoms with Crippen LogP contribution in [0.4, 0.5) is 16.4 Å². The van der Waals surface area contributed by atoms with Gasteiger partial charge in [-0.05, 0) is 70.1 Å². The van der Waals surface area contributed by atoms with E-state index >= 15 is 0 Å². The molecule has 0 atom stereocenters. The summed E-state index contributed by atoms with van der Waals surface area (Å²) in [5, 5.41) is 13.9. The van der Waals surface area contributed by atoms with Gasteiger partial charge in [-0.2, -0.15) is 5.26 Å². The number of hydrogen-bond donors (Lipinski definition) is 0. The number of ketones is 2. The van der Waals surface area contributed by atoms with Crippen molar-refractivity contribution < 1.29 is 9.59 Å². The highest BCUT2D eigenvalue weighted by molar-refractivity contribution is 7.17. The lowest BCUT2D eigenvalue weighted by Gasteiger charge is -2.23. The Morgan fingerprint density at radius 2 is 1.20 bits per heavy atom. The zero-order chi connectivity index (χ0) is 27.2. The van der Waals surface area contributed by atoms with Gasteiger partial charge in [0.25, 0.3) is 0 Å². The predicted octanol–water partition coefficient (Wildman–Crippen LogP) is 8.86. The smallest absolute Gasteiger partial charge is 0.198 e. The van der Waals surface area contributed by atoms with Gasteiger partial charge in [0, 0.05) is 27.4 Å². The standard InChI is InChI=1S/C35H20N2O2S/c36-21-22-9-8-12-24(19-22)37(23-10-2-1-3-11-23)31-18-17-25(40-31)20-30-34(38)32-28-15-6-4-13-26(28)27-14-5-7-16-29(27)33(32)35(30)39/h1-20H. The summed E-state index contributed by atoms with van der Waals surface area (Å²) in [7, 11) is 0. The number of fused-ring (bicyclic) bond motifs is 6. The molecule has 188 valence electrons. The molecule has 1 aromatic heterocycles. The first kappa shape index (κ1) is 23.8. The first-order chi connectivity index (χ1) is 19.6. The number of carbonyl (C=O) groups excluding carboxylic acids is 2. The molecule has 5 heteroatoms. The summed E-state index contributed by atoms with van der Waals surface area (Å²) in [5.74, 6) is -0.475. The summed E-state index contributed by atoms with van der Waals surface area (Å²) < 4.78 is 0. The maximum Gasteiger partial charge on any atom is 0.198 e. The van der Waals surface area contributed by atoms with Crippen LogP contribution in [0.2, 0.25) is 0 Å². The molecule has 0 amide bonds. The quantitative estimate of drug-likeness (QED) is 0.129. The fourth-order valence-electron chi connectivity index (χ4n) is 5.49. The second kappa shape index (κ2) is 9.46. The third-order valence-corrected chi connectivity index (χ3v) is 8.26. The van der Waals surface area contributed by atoms with E-state index in [1.807, 2.05) is 109 Å². The molecule has 0 radical (unpaired) electrons. The highest BCUT2D eigenvalue weighted by atomic mass is 32.1. The van der Waals surface area contributed by atoms with Crippen LogP contribution < -0.4 is 4.90 Å². The number of thiophene rings is 1. The van der Waals surface area contributed by atoms with Gasteiger partial charge in [-0.15, -0.1) is 11.3 Å². The molecule has 40 heavy (non-hydrogen) atoms. The van der Waals surface area contributed by atoms with Crippen LogP contribution in [0.5, 0.6) is 0 Å². The number of rotatable bonds is 4. The average molecular weight is 533 g/mol. The molecule has 0 aliphatic heterocycles. The monoisotopic (exact) mass is 532 g/mol. The van der Waals surface area contributed by atoms with E-state index in [2.05, 4.69) is 11.0 Å². The molecule has 4 nitrogen and oxygen atoms in total. The molecule has 6 aromatic rings. The molecule has 1 aliphatic rings. The molecule has 0 saturated carbocycles. The Morgan fingerprint density at radius 1 is 0.625 bits per heavy atom. The van der Waals surface area contributed by atoms with Gasteiger partial charge in [0.2, 0.25) is 0 Å². The average Bonchev–Trinajstić information content (AvgIpc) is 3.56. The molecule has 7 rings (SSSR count). The molecule has 0 unspecified atom stereocenters. The molecule has 5 aromatic carbocycles. The van der Waals surface area contributed by atoms with E-state index in [-0.39, 0.29) is 17.1 Å². The van der Waals surface area contributed by atoms with Crippen LogP contribution >= 0.6 is 11.3 Å². The maximum atomic E-state index is 13.8. The Hall–Kier alpha value is -5.31. The van der Waals surface area contributed by atoms with Crippen molar-refractivity contribution in [1.29, 1.82) is 5.26 Å². The van der Waals surface area contributed by atoms with Crippen molar-refractivity contribution in [2.45, 2.75) is 0 Å². The summed E-state index contributed by atoms with van der Waals surface area (Å²) in [6, 6.07) is 39.0. The molecule has 0 bridgehead atoms. The summed E-state index contributed by atoms with van der Waals surface area (Å²) in [5.41, 5.74) is 3.52. The topological polar surface area (TPSA) is 61.2 Å². The Balaban J connectivity index is 1.35. The third-order valence-electron chi connectivity index (χ3n) is 7.24. The van der Waals surface area contributed by atoms with Gasteiger partial charge in [0.15, 0.2) is 11.6 Å². The van der Waals surface area contributed by atoms with Crippen LogP contribution in [0.3, 0.4) is 0 Å². The summed E-state index contributed by atoms with van der Waals surface area (Å²) in [4.78, 5) is 30.5. The minimum absolute atomic E-state index is 0.183. The molecular weight excluding hydrogens is 512 g/mol. The third kappa shape index (κ3) is 3.74. The first-order valence-electron chi connectivity index (χ1n) is 12.8. The summed E-state index contributed by atoms with van der Waals surface area (Å²) in [6.45, 7) is 0. The largest absolute Gasteiger partial charge is 0.302 e. The summed E-state index contributed by atoms with van der Waals surface area (Å²) in [6.07, 6.45) is 1.72. The minimum atomic E-state index is -0.237. The second-order valence-electron chi connectivity index (χ2n) is 9.57. The Morgan fingerprint density at radius 3 is 1.82 bits per heavy atom. The van der Waals surface area contributed by atoms with Gasteiger partial charge in [-0.3, -0.25) is 9.59 Å². The molecule has 1 aliphatic carbocycles. The van der Waals surface area contributed by atoms with Crippen molar-refractivity contribution in [1.82, 2.24) is 0 Å². The lowest BCUT2D eigenvalue weighted by Crippen LogP contribution is -2.08. The van der Waals surface area contributed by atoms with Gasteiger partial charge in [0.1, 0.15) is 5.00 Å². The highest BCUT2D eigenvalue weighted by Gasteiger charge is 2.36. The minimum Gasteiger partial charge on any atom is -0.302 e. The fraction of sp³-hybridized carbons (Fsp3) is 0. The summed E-state index contributed by atoms with van der Waals surface area (Å²) >= 11 is 1.48. The number of Topliss-reactive ketones (excluding diaryl/α,β-unsaturated/α-hetero) is 2. The Bertz CT molecular complexity index is 1990. The molecule has 0 saturated heterocycles. The van der Waals surface area contributed by atoms with Gasteiger partial charge in [0.05, 0.1) is 17.2 Å². The number of anilines is 3. The van der Waals surface area contributed by atoms with Crippen molar-refractivity contribution >= 4 is 66.9 Å². The van der Waals surface area contributed by atoms with Crippen LogP contribution in [0.1, 0.15) is 31.2 Å². The van der Waals surface area contributed by atoms with Crippen molar-refractivity contribution in [3.63, 3.8) is 0 Å². The SMILES string of the molecule is N#Cc1cccc(N(c2ccccc2)c2ccc(C=C3C(=O)c4c(c5ccccc5c5ccccc45)C3=O)s2)c1. The molecular formula is C35H20N2O2S. The van der Waals surface area contributed by atoms with Crippen LogP contribution in [0.25, 0.3) is 27.6 Å². The van der Waals surface area contributed by atoms with E-state index in [1.54, 1.807) is 12.1 Å². The number of carbonyl (C=O) groups is 2. The van der Waals surface area contributed by atoms with Gasteiger partial charge < -0.3 is 4.90 Å². The molecule has 0 fully saturated rings. The van der Waals surface area contributed by atoms with Crippen LogP contribution in [-0.2, 0) is 0 Å². The number of nitrogens with zero attached hydrogens (tertiary/aromatic N) is 2. The van der Waals surface area contributed by atoms with E-state index < -0.39 is 0 Å². The number of benzene rings is 5. The molecule has 1 heterocycles. The van der Waals surface area contributed by atoms with Crippen LogP contribution in [-0.4, -0.2) is 11.6 Å². The van der Waals surface area contributed by atoms with Crippen LogP contribution in [0, 0.1) is 11.3 Å². The lowest BCUT2D eigenvalue weighted by atomic mass is 9.93. The fourth-order valence-corrected chi connectivity index (χ4v) is 6.49. The highest BCUT2D eigenvalue weighted by Crippen LogP contribution is 2.42. The Labute approximate surface area is 234 Å². The van der Waals surface area contributed by atoms with E-state index in [1.165, 1.54) is 11.3 Å². The second-order valence-corrected chi connectivity index (χ2v) is 10.7. The van der Waals surface area contributed by atoms with Gasteiger partial charge >= 0.3 is 0 Å². The van der Waals surface area contributed by atoms with E-state index in [0.29, 0.717) is 16.7 Å². The number of hydrogen-bond acceptors (Lipinski definition) is 5. The lowest BCUT2D eigenvalue weighted by molar-refractivity contribution is 0.0991. The number of nitriles is 1. The van der Waals surface area contributed by atoms with E-state index in [9.17, 15) is 14.9 Å². The van der Waals surface area contributed by atoms with Crippen LogP contribution in [0.15, 0.2) is 121 Å². The van der Waals surface area contributed by atoms with Crippen molar-refractivity contribution in [2.24, 2.45) is 0 Å². The van der Waals surface area contributed by atoms with Crippen molar-refractivity contribution in [3.05, 3.63) is 142 Å². The Kier molecular flexibility index (Phi) is 5.62. The number of allylic oxidation sites excluding steroid dienone is 1. The molecule has 0 spiro atoms. The van der Waals surface area contributed by atoms with E-state index in [0.717, 1.165) is 42.8 Å². The van der Waals surface area contributed by atoms with Gasteiger partial charge in [-0.25, -0.2) is 0 Å². The predicted molar refractivity (Wildman–Crippen MR) is 162 cm³/mol. The normalized spacial score (nSPS) is 12.5. The molecule has 0 N–H and O–H groups in total. The van der Waals surface area contributed by atoms with E-state index in [4.69, 9.17) is 0 Å². The van der Waals surface area contributed by atoms with Crippen molar-refractivity contribution in [2.75, 3.05) is 4.90 Å².